The molecule has 0 aromatic carbocycles. The molecule has 1 aromatic heterocycles. The van der Waals surface area contributed by atoms with Crippen LogP contribution in [0.25, 0.3) is 0 Å². The van der Waals surface area contributed by atoms with E-state index < -0.39 is 11.9 Å². The molecular formula is C11H13N3O3. The molecule has 0 bridgehead atoms. The Morgan fingerprint density at radius 3 is 2.88 bits per heavy atom. The summed E-state index contributed by atoms with van der Waals surface area (Å²) >= 11 is 0. The van der Waals surface area contributed by atoms with Crippen LogP contribution in [0.3, 0.4) is 0 Å². The molecule has 0 saturated carbocycles. The van der Waals surface area contributed by atoms with Gasteiger partial charge in [0.05, 0.1) is 12.1 Å². The van der Waals surface area contributed by atoms with Crippen LogP contribution in [0.15, 0.2) is 18.6 Å². The lowest BCUT2D eigenvalue weighted by molar-refractivity contribution is -0.143. The number of piperidine rings is 1. The van der Waals surface area contributed by atoms with Crippen LogP contribution in [0.1, 0.15) is 23.3 Å². The highest BCUT2D eigenvalue weighted by Crippen LogP contribution is 2.17. The predicted octanol–water partition coefficient (Wildman–Crippen LogP) is 0.413. The standard InChI is InChI=1S/C11H13N3O3/c15-10(9-6-12-3-4-13-9)14-5-1-2-8(7-14)11(16)17/h3-4,6,8H,1-2,5,7H2,(H,16,17)/t8-/m1/s1. The average Bonchev–Trinajstić information content (AvgIpc) is 2.39. The SMILES string of the molecule is O=C(O)[C@@H]1CCCN(C(=O)c2cnccn2)C1. The van der Waals surface area contributed by atoms with Crippen LogP contribution in [-0.4, -0.2) is 44.9 Å². The van der Waals surface area contributed by atoms with Crippen LogP contribution in [0.4, 0.5) is 0 Å². The van der Waals surface area contributed by atoms with Crippen LogP contribution in [0.5, 0.6) is 0 Å². The maximum Gasteiger partial charge on any atom is 0.308 e. The molecule has 0 spiro atoms. The highest BCUT2D eigenvalue weighted by atomic mass is 16.4. The van der Waals surface area contributed by atoms with E-state index in [1.807, 2.05) is 0 Å². The second-order valence-electron chi connectivity index (χ2n) is 4.02. The molecule has 2 rings (SSSR count). The molecule has 1 aromatic rings. The normalized spacial score (nSPS) is 20.0. The second kappa shape index (κ2) is 4.90. The third-order valence-corrected chi connectivity index (χ3v) is 2.84. The van der Waals surface area contributed by atoms with Crippen molar-refractivity contribution in [1.29, 1.82) is 0 Å². The first-order valence-corrected chi connectivity index (χ1v) is 5.46. The molecule has 17 heavy (non-hydrogen) atoms. The molecule has 1 atom stereocenters. The zero-order chi connectivity index (χ0) is 12.3. The molecule has 1 fully saturated rings. The van der Waals surface area contributed by atoms with Crippen molar-refractivity contribution in [3.63, 3.8) is 0 Å². The zero-order valence-corrected chi connectivity index (χ0v) is 9.24. The first-order chi connectivity index (χ1) is 8.18. The Morgan fingerprint density at radius 2 is 2.24 bits per heavy atom. The lowest BCUT2D eigenvalue weighted by Gasteiger charge is -2.30. The highest BCUT2D eigenvalue weighted by molar-refractivity contribution is 5.92. The minimum absolute atomic E-state index is 0.246. The quantitative estimate of drug-likeness (QED) is 0.802. The van der Waals surface area contributed by atoms with E-state index in [-0.39, 0.29) is 18.1 Å². The van der Waals surface area contributed by atoms with Gasteiger partial charge in [-0.25, -0.2) is 4.98 Å². The van der Waals surface area contributed by atoms with Gasteiger partial charge in [0.25, 0.3) is 5.91 Å². The molecule has 2 heterocycles. The van der Waals surface area contributed by atoms with E-state index in [0.717, 1.165) is 0 Å². The number of likely N-dealkylation sites (tertiary alicyclic amines) is 1. The minimum Gasteiger partial charge on any atom is -0.481 e. The summed E-state index contributed by atoms with van der Waals surface area (Å²) in [5.41, 5.74) is 0.263. The number of hydrogen-bond donors (Lipinski definition) is 1. The molecule has 0 radical (unpaired) electrons. The van der Waals surface area contributed by atoms with E-state index in [1.165, 1.54) is 23.5 Å². The van der Waals surface area contributed by atoms with E-state index >= 15 is 0 Å². The summed E-state index contributed by atoms with van der Waals surface area (Å²) in [6, 6.07) is 0. The van der Waals surface area contributed by atoms with Gasteiger partial charge in [-0.05, 0) is 12.8 Å². The molecule has 6 nitrogen and oxygen atoms in total. The average molecular weight is 235 g/mol. The van der Waals surface area contributed by atoms with E-state index in [1.54, 1.807) is 0 Å². The number of carboxylic acids is 1. The Hall–Kier alpha value is -1.98. The number of carboxylic acid groups (broad SMARTS) is 1. The number of carbonyl (C=O) groups excluding carboxylic acids is 1. The van der Waals surface area contributed by atoms with Crippen molar-refractivity contribution >= 4 is 11.9 Å². The van der Waals surface area contributed by atoms with E-state index in [9.17, 15) is 9.59 Å². The van der Waals surface area contributed by atoms with E-state index in [2.05, 4.69) is 9.97 Å². The van der Waals surface area contributed by atoms with Crippen molar-refractivity contribution in [2.45, 2.75) is 12.8 Å². The number of aromatic nitrogens is 2. The summed E-state index contributed by atoms with van der Waals surface area (Å²) < 4.78 is 0. The van der Waals surface area contributed by atoms with Crippen LogP contribution in [0, 0.1) is 5.92 Å². The van der Waals surface area contributed by atoms with Crippen molar-refractivity contribution in [3.8, 4) is 0 Å². The Labute approximate surface area is 98.3 Å². The monoisotopic (exact) mass is 235 g/mol. The highest BCUT2D eigenvalue weighted by Gasteiger charge is 2.29. The van der Waals surface area contributed by atoms with Gasteiger partial charge < -0.3 is 10.0 Å². The summed E-state index contributed by atoms with van der Waals surface area (Å²) in [6.07, 6.45) is 5.67. The van der Waals surface area contributed by atoms with Crippen LogP contribution in [0.2, 0.25) is 0 Å². The summed E-state index contributed by atoms with van der Waals surface area (Å²) in [7, 11) is 0. The molecular weight excluding hydrogens is 222 g/mol. The summed E-state index contributed by atoms with van der Waals surface area (Å²) in [5.74, 6) is -1.56. The van der Waals surface area contributed by atoms with Gasteiger partial charge in [-0.2, -0.15) is 0 Å². The lowest BCUT2D eigenvalue weighted by Crippen LogP contribution is -2.42. The third kappa shape index (κ3) is 2.58. The second-order valence-corrected chi connectivity index (χ2v) is 4.02. The molecule has 6 heteroatoms. The van der Waals surface area contributed by atoms with Gasteiger partial charge in [0.1, 0.15) is 5.69 Å². The molecule has 1 aliphatic rings. The molecule has 1 N–H and O–H groups in total. The smallest absolute Gasteiger partial charge is 0.308 e. The van der Waals surface area contributed by atoms with Gasteiger partial charge >= 0.3 is 5.97 Å². The Balaban J connectivity index is 2.07. The molecule has 90 valence electrons. The zero-order valence-electron chi connectivity index (χ0n) is 9.24. The largest absolute Gasteiger partial charge is 0.481 e. The molecule has 1 aliphatic heterocycles. The predicted molar refractivity (Wildman–Crippen MR) is 58.3 cm³/mol. The third-order valence-electron chi connectivity index (χ3n) is 2.84. The maximum atomic E-state index is 12.0. The van der Waals surface area contributed by atoms with Gasteiger partial charge in [0.15, 0.2) is 0 Å². The van der Waals surface area contributed by atoms with Gasteiger partial charge in [-0.3, -0.25) is 14.6 Å². The van der Waals surface area contributed by atoms with Gasteiger partial charge in [-0.1, -0.05) is 0 Å². The molecule has 1 amide bonds. The van der Waals surface area contributed by atoms with E-state index in [0.29, 0.717) is 19.4 Å². The van der Waals surface area contributed by atoms with Crippen molar-refractivity contribution in [3.05, 3.63) is 24.3 Å². The number of carbonyl (C=O) groups is 2. The molecule has 0 unspecified atom stereocenters. The van der Waals surface area contributed by atoms with Crippen molar-refractivity contribution in [1.82, 2.24) is 14.9 Å². The number of amides is 1. The fourth-order valence-electron chi connectivity index (χ4n) is 1.93. The van der Waals surface area contributed by atoms with Crippen LogP contribution >= 0.6 is 0 Å². The summed E-state index contributed by atoms with van der Waals surface area (Å²) in [6.45, 7) is 0.837. The molecule has 1 saturated heterocycles. The number of rotatable bonds is 2. The van der Waals surface area contributed by atoms with Crippen molar-refractivity contribution < 1.29 is 14.7 Å². The van der Waals surface area contributed by atoms with Gasteiger partial charge in [0.2, 0.25) is 0 Å². The lowest BCUT2D eigenvalue weighted by atomic mass is 9.98. The van der Waals surface area contributed by atoms with Crippen LogP contribution in [-0.2, 0) is 4.79 Å². The number of nitrogens with zero attached hydrogens (tertiary/aromatic N) is 3. The molecule has 0 aliphatic carbocycles. The Bertz CT molecular complexity index is 421. The summed E-state index contributed by atoms with van der Waals surface area (Å²) in [4.78, 5) is 32.2. The Morgan fingerprint density at radius 1 is 1.41 bits per heavy atom. The number of aliphatic carboxylic acids is 1. The Kier molecular flexibility index (Phi) is 3.32. The first-order valence-electron chi connectivity index (χ1n) is 5.46. The first kappa shape index (κ1) is 11.5. The fraction of sp³-hybridized carbons (Fsp3) is 0.455. The van der Waals surface area contributed by atoms with E-state index in [4.69, 9.17) is 5.11 Å². The fourth-order valence-corrected chi connectivity index (χ4v) is 1.93. The minimum atomic E-state index is -0.846. The topological polar surface area (TPSA) is 83.4 Å². The number of hydrogen-bond acceptors (Lipinski definition) is 4. The van der Waals surface area contributed by atoms with Crippen molar-refractivity contribution in [2.75, 3.05) is 13.1 Å². The summed E-state index contributed by atoms with van der Waals surface area (Å²) in [5, 5.41) is 8.94. The van der Waals surface area contributed by atoms with Gasteiger partial charge in [0, 0.05) is 25.5 Å². The van der Waals surface area contributed by atoms with Crippen molar-refractivity contribution in [2.24, 2.45) is 5.92 Å². The maximum absolute atomic E-state index is 12.0. The van der Waals surface area contributed by atoms with Gasteiger partial charge in [-0.15, -0.1) is 0 Å². The van der Waals surface area contributed by atoms with Crippen LogP contribution < -0.4 is 0 Å².